The minimum Gasteiger partial charge on any atom is -0.507 e. The standard InChI is InChI=1S/C12H17NO4/c1-8(7-16-2)13-12(15)10-5-4-9(17-3)6-11(10)14/h4-6,8,14H,7H2,1-3H3,(H,13,15)/t8-/m0/s1. The Hall–Kier alpha value is -1.75. The molecule has 2 N–H and O–H groups in total. The molecule has 1 amide bonds. The molecule has 0 spiro atoms. The van der Waals surface area contributed by atoms with Crippen molar-refractivity contribution >= 4 is 5.91 Å². The summed E-state index contributed by atoms with van der Waals surface area (Å²) in [5.74, 6) is 0.0603. The highest BCUT2D eigenvalue weighted by Gasteiger charge is 2.14. The molecule has 0 heterocycles. The fourth-order valence-electron chi connectivity index (χ4n) is 1.42. The highest BCUT2D eigenvalue weighted by molar-refractivity contribution is 5.97. The maximum absolute atomic E-state index is 11.8. The largest absolute Gasteiger partial charge is 0.507 e. The fourth-order valence-corrected chi connectivity index (χ4v) is 1.42. The average Bonchev–Trinajstić information content (AvgIpc) is 2.28. The lowest BCUT2D eigenvalue weighted by molar-refractivity contribution is 0.0903. The van der Waals surface area contributed by atoms with Gasteiger partial charge in [0.15, 0.2) is 0 Å². The van der Waals surface area contributed by atoms with Gasteiger partial charge in [0.2, 0.25) is 0 Å². The van der Waals surface area contributed by atoms with E-state index in [0.29, 0.717) is 12.4 Å². The molecule has 0 aromatic heterocycles. The van der Waals surface area contributed by atoms with E-state index in [1.54, 1.807) is 13.2 Å². The van der Waals surface area contributed by atoms with E-state index >= 15 is 0 Å². The van der Waals surface area contributed by atoms with Gasteiger partial charge in [-0.1, -0.05) is 0 Å². The quantitative estimate of drug-likeness (QED) is 0.809. The zero-order chi connectivity index (χ0) is 12.8. The predicted octanol–water partition coefficient (Wildman–Crippen LogP) is 1.17. The minimum absolute atomic E-state index is 0.105. The molecule has 0 unspecified atom stereocenters. The smallest absolute Gasteiger partial charge is 0.255 e. The third kappa shape index (κ3) is 3.64. The van der Waals surface area contributed by atoms with E-state index in [-0.39, 0.29) is 23.3 Å². The molecule has 1 rings (SSSR count). The molecule has 5 heteroatoms. The second-order valence-corrected chi connectivity index (χ2v) is 3.71. The molecule has 0 aliphatic heterocycles. The van der Waals surface area contributed by atoms with Gasteiger partial charge in [0.25, 0.3) is 5.91 Å². The van der Waals surface area contributed by atoms with Crippen LogP contribution >= 0.6 is 0 Å². The molecular formula is C12H17NO4. The Labute approximate surface area is 100 Å². The highest BCUT2D eigenvalue weighted by Crippen LogP contribution is 2.23. The number of nitrogens with one attached hydrogen (secondary N) is 1. The molecule has 94 valence electrons. The first kappa shape index (κ1) is 13.3. The average molecular weight is 239 g/mol. The van der Waals surface area contributed by atoms with Gasteiger partial charge in [0, 0.05) is 19.2 Å². The number of carbonyl (C=O) groups excluding carboxylic acids is 1. The lowest BCUT2D eigenvalue weighted by Crippen LogP contribution is -2.35. The van der Waals surface area contributed by atoms with Crippen LogP contribution in [0.25, 0.3) is 0 Å². The number of methoxy groups -OCH3 is 2. The van der Waals surface area contributed by atoms with Gasteiger partial charge in [0.05, 0.1) is 19.3 Å². The Morgan fingerprint density at radius 3 is 2.71 bits per heavy atom. The lowest BCUT2D eigenvalue weighted by Gasteiger charge is -2.13. The second kappa shape index (κ2) is 6.10. The van der Waals surface area contributed by atoms with Crippen LogP contribution in [0.5, 0.6) is 11.5 Å². The summed E-state index contributed by atoms with van der Waals surface area (Å²) < 4.78 is 9.85. The summed E-state index contributed by atoms with van der Waals surface area (Å²) in [6.07, 6.45) is 0. The van der Waals surface area contributed by atoms with Crippen LogP contribution in [0.2, 0.25) is 0 Å². The van der Waals surface area contributed by atoms with Crippen LogP contribution in [0.1, 0.15) is 17.3 Å². The highest BCUT2D eigenvalue weighted by atomic mass is 16.5. The normalized spacial score (nSPS) is 11.9. The Bertz CT molecular complexity index is 392. The zero-order valence-electron chi connectivity index (χ0n) is 10.2. The lowest BCUT2D eigenvalue weighted by atomic mass is 10.1. The molecular weight excluding hydrogens is 222 g/mol. The van der Waals surface area contributed by atoms with Gasteiger partial charge >= 0.3 is 0 Å². The maximum Gasteiger partial charge on any atom is 0.255 e. The van der Waals surface area contributed by atoms with E-state index in [9.17, 15) is 9.90 Å². The monoisotopic (exact) mass is 239 g/mol. The first-order chi connectivity index (χ1) is 8.08. The predicted molar refractivity (Wildman–Crippen MR) is 63.5 cm³/mol. The van der Waals surface area contributed by atoms with Crippen molar-refractivity contribution in [3.8, 4) is 11.5 Å². The van der Waals surface area contributed by atoms with Crippen molar-refractivity contribution in [3.63, 3.8) is 0 Å². The molecule has 1 aromatic rings. The van der Waals surface area contributed by atoms with E-state index in [0.717, 1.165) is 0 Å². The van der Waals surface area contributed by atoms with Crippen molar-refractivity contribution in [1.82, 2.24) is 5.32 Å². The Balaban J connectivity index is 2.75. The molecule has 5 nitrogen and oxygen atoms in total. The molecule has 1 atom stereocenters. The Morgan fingerprint density at radius 1 is 1.47 bits per heavy atom. The summed E-state index contributed by atoms with van der Waals surface area (Å²) in [6, 6.07) is 4.42. The van der Waals surface area contributed by atoms with Crippen molar-refractivity contribution in [2.75, 3.05) is 20.8 Å². The van der Waals surface area contributed by atoms with Gasteiger partial charge in [-0.3, -0.25) is 4.79 Å². The van der Waals surface area contributed by atoms with Gasteiger partial charge in [-0.2, -0.15) is 0 Å². The van der Waals surface area contributed by atoms with Crippen LogP contribution in [0, 0.1) is 0 Å². The van der Waals surface area contributed by atoms with Gasteiger partial charge in [-0.15, -0.1) is 0 Å². The van der Waals surface area contributed by atoms with E-state index in [1.165, 1.54) is 19.2 Å². The van der Waals surface area contributed by atoms with Crippen molar-refractivity contribution in [2.24, 2.45) is 0 Å². The number of phenolic OH excluding ortho intramolecular Hbond substituents is 1. The van der Waals surface area contributed by atoms with E-state index in [4.69, 9.17) is 9.47 Å². The molecule has 0 fully saturated rings. The number of rotatable bonds is 5. The number of benzene rings is 1. The van der Waals surface area contributed by atoms with Gasteiger partial charge < -0.3 is 19.9 Å². The molecule has 0 radical (unpaired) electrons. The molecule has 0 saturated carbocycles. The zero-order valence-corrected chi connectivity index (χ0v) is 10.2. The minimum atomic E-state index is -0.338. The SMILES string of the molecule is COC[C@H](C)NC(=O)c1ccc(OC)cc1O. The summed E-state index contributed by atoms with van der Waals surface area (Å²) in [6.45, 7) is 2.24. The fraction of sp³-hybridized carbons (Fsp3) is 0.417. The maximum atomic E-state index is 11.8. The Morgan fingerprint density at radius 2 is 2.18 bits per heavy atom. The van der Waals surface area contributed by atoms with E-state index in [2.05, 4.69) is 5.32 Å². The van der Waals surface area contributed by atoms with Crippen LogP contribution < -0.4 is 10.1 Å². The van der Waals surface area contributed by atoms with Crippen LogP contribution in [0.15, 0.2) is 18.2 Å². The van der Waals surface area contributed by atoms with Gasteiger partial charge in [-0.25, -0.2) is 0 Å². The van der Waals surface area contributed by atoms with Crippen molar-refractivity contribution in [1.29, 1.82) is 0 Å². The first-order valence-electron chi connectivity index (χ1n) is 5.25. The summed E-state index contributed by atoms with van der Waals surface area (Å²) >= 11 is 0. The van der Waals surface area contributed by atoms with Crippen molar-refractivity contribution in [3.05, 3.63) is 23.8 Å². The van der Waals surface area contributed by atoms with E-state index < -0.39 is 0 Å². The van der Waals surface area contributed by atoms with Gasteiger partial charge in [0.1, 0.15) is 11.5 Å². The topological polar surface area (TPSA) is 67.8 Å². The number of hydrogen-bond acceptors (Lipinski definition) is 4. The van der Waals surface area contributed by atoms with E-state index in [1.807, 2.05) is 6.92 Å². The molecule has 0 aliphatic carbocycles. The Kier molecular flexibility index (Phi) is 4.78. The number of carbonyl (C=O) groups is 1. The van der Waals surface area contributed by atoms with Crippen molar-refractivity contribution < 1.29 is 19.4 Å². The van der Waals surface area contributed by atoms with Crippen molar-refractivity contribution in [2.45, 2.75) is 13.0 Å². The number of aromatic hydroxyl groups is 1. The van der Waals surface area contributed by atoms with Gasteiger partial charge in [-0.05, 0) is 19.1 Å². The molecule has 0 aliphatic rings. The summed E-state index contributed by atoms with van der Waals surface area (Å²) in [4.78, 5) is 11.8. The first-order valence-corrected chi connectivity index (χ1v) is 5.25. The van der Waals surface area contributed by atoms with Crippen LogP contribution in [-0.2, 0) is 4.74 Å². The van der Waals surface area contributed by atoms with Crippen LogP contribution in [0.4, 0.5) is 0 Å². The third-order valence-electron chi connectivity index (χ3n) is 2.24. The number of amides is 1. The van der Waals surface area contributed by atoms with Crippen LogP contribution in [-0.4, -0.2) is 37.9 Å². The number of ether oxygens (including phenoxy) is 2. The summed E-state index contributed by atoms with van der Waals surface area (Å²) in [5.41, 5.74) is 0.216. The molecule has 1 aromatic carbocycles. The second-order valence-electron chi connectivity index (χ2n) is 3.71. The van der Waals surface area contributed by atoms with Crippen LogP contribution in [0.3, 0.4) is 0 Å². The molecule has 17 heavy (non-hydrogen) atoms. The third-order valence-corrected chi connectivity index (χ3v) is 2.24. The summed E-state index contributed by atoms with van der Waals surface area (Å²) in [5, 5.41) is 12.4. The number of hydrogen-bond donors (Lipinski definition) is 2. The molecule has 0 bridgehead atoms. The summed E-state index contributed by atoms with van der Waals surface area (Å²) in [7, 11) is 3.06. The number of phenols is 1. The molecule has 0 saturated heterocycles.